The van der Waals surface area contributed by atoms with E-state index in [-0.39, 0.29) is 6.54 Å². The number of aromatic nitrogens is 2. The fourth-order valence-corrected chi connectivity index (χ4v) is 1.86. The number of anilines is 1. The Morgan fingerprint density at radius 3 is 2.56 bits per heavy atom. The second-order valence-electron chi connectivity index (χ2n) is 3.74. The van der Waals surface area contributed by atoms with E-state index >= 15 is 0 Å². The number of rotatable bonds is 2. The van der Waals surface area contributed by atoms with Crippen LogP contribution < -0.4 is 5.73 Å². The molecule has 0 aliphatic heterocycles. The average Bonchev–Trinajstić information content (AvgIpc) is 2.70. The van der Waals surface area contributed by atoms with Gasteiger partial charge in [0.15, 0.2) is 5.69 Å². The summed E-state index contributed by atoms with van der Waals surface area (Å²) >= 11 is 3.26. The van der Waals surface area contributed by atoms with Crippen LogP contribution in [-0.4, -0.2) is 9.78 Å². The first-order valence-electron chi connectivity index (χ1n) is 5.01. The van der Waals surface area contributed by atoms with Crippen LogP contribution in [0.1, 0.15) is 11.3 Å². The van der Waals surface area contributed by atoms with Crippen molar-refractivity contribution in [3.05, 3.63) is 46.2 Å². The lowest BCUT2D eigenvalue weighted by Gasteiger charge is -2.06. The Labute approximate surface area is 110 Å². The molecule has 0 atom stereocenters. The lowest BCUT2D eigenvalue weighted by molar-refractivity contribution is -0.141. The number of benzene rings is 1. The third-order valence-corrected chi connectivity index (χ3v) is 2.86. The summed E-state index contributed by atoms with van der Waals surface area (Å²) < 4.78 is 39.1. The summed E-state index contributed by atoms with van der Waals surface area (Å²) in [4.78, 5) is 0. The summed E-state index contributed by atoms with van der Waals surface area (Å²) in [6, 6.07) is 6.16. The first kappa shape index (κ1) is 12.9. The lowest BCUT2D eigenvalue weighted by atomic mass is 10.2. The molecule has 0 unspecified atom stereocenters. The third kappa shape index (κ3) is 2.84. The number of nitrogens with two attached hydrogens (primary N) is 1. The number of alkyl halides is 3. The SMILES string of the molecule is Nc1cc(Br)ccc1Cn1ccc(C(F)(F)F)n1. The van der Waals surface area contributed by atoms with Crippen LogP contribution in [0.5, 0.6) is 0 Å². The maximum absolute atomic E-state index is 12.4. The van der Waals surface area contributed by atoms with Gasteiger partial charge >= 0.3 is 6.18 Å². The molecule has 1 aromatic carbocycles. The van der Waals surface area contributed by atoms with Crippen molar-refractivity contribution in [2.75, 3.05) is 5.73 Å². The van der Waals surface area contributed by atoms with Gasteiger partial charge in [-0.05, 0) is 23.8 Å². The van der Waals surface area contributed by atoms with Crippen molar-refractivity contribution in [2.45, 2.75) is 12.7 Å². The molecule has 0 fully saturated rings. The molecule has 2 rings (SSSR count). The van der Waals surface area contributed by atoms with Crippen LogP contribution in [0.2, 0.25) is 0 Å². The third-order valence-electron chi connectivity index (χ3n) is 2.37. The molecular formula is C11H9BrF3N3. The van der Waals surface area contributed by atoms with Crippen molar-refractivity contribution in [3.63, 3.8) is 0 Å². The van der Waals surface area contributed by atoms with Gasteiger partial charge < -0.3 is 5.73 Å². The van der Waals surface area contributed by atoms with Crippen LogP contribution in [0, 0.1) is 0 Å². The van der Waals surface area contributed by atoms with E-state index in [1.165, 1.54) is 10.9 Å². The van der Waals surface area contributed by atoms with Gasteiger partial charge in [-0.15, -0.1) is 0 Å². The summed E-state index contributed by atoms with van der Waals surface area (Å²) in [5.74, 6) is 0. The summed E-state index contributed by atoms with van der Waals surface area (Å²) in [5, 5.41) is 3.46. The smallest absolute Gasteiger partial charge is 0.398 e. The fourth-order valence-electron chi connectivity index (χ4n) is 1.49. The van der Waals surface area contributed by atoms with Gasteiger partial charge in [0.1, 0.15) is 0 Å². The Bertz CT molecular complexity index is 563. The highest BCUT2D eigenvalue weighted by Crippen LogP contribution is 2.27. The molecule has 0 spiro atoms. The standard InChI is InChI=1S/C11H9BrF3N3/c12-8-2-1-7(9(16)5-8)6-18-4-3-10(17-18)11(13,14)15/h1-5H,6,16H2. The lowest BCUT2D eigenvalue weighted by Crippen LogP contribution is -2.09. The van der Waals surface area contributed by atoms with E-state index in [0.29, 0.717) is 5.69 Å². The zero-order chi connectivity index (χ0) is 13.3. The average molecular weight is 320 g/mol. The Kier molecular flexibility index (Phi) is 3.34. The molecule has 18 heavy (non-hydrogen) atoms. The molecule has 0 aliphatic carbocycles. The summed E-state index contributed by atoms with van der Waals surface area (Å²) in [5.41, 5.74) is 6.09. The molecule has 0 radical (unpaired) electrons. The molecule has 2 N–H and O–H groups in total. The first-order valence-corrected chi connectivity index (χ1v) is 5.80. The zero-order valence-corrected chi connectivity index (χ0v) is 10.7. The van der Waals surface area contributed by atoms with Crippen LogP contribution in [0.4, 0.5) is 18.9 Å². The van der Waals surface area contributed by atoms with Gasteiger partial charge in [-0.25, -0.2) is 0 Å². The predicted octanol–water partition coefficient (Wildman–Crippen LogP) is 3.29. The van der Waals surface area contributed by atoms with Crippen molar-refractivity contribution in [1.29, 1.82) is 0 Å². The molecular weight excluding hydrogens is 311 g/mol. The second-order valence-corrected chi connectivity index (χ2v) is 4.66. The second kappa shape index (κ2) is 4.64. The van der Waals surface area contributed by atoms with Gasteiger partial charge in [0, 0.05) is 16.4 Å². The van der Waals surface area contributed by atoms with E-state index in [1.54, 1.807) is 18.2 Å². The van der Waals surface area contributed by atoms with Crippen molar-refractivity contribution in [3.8, 4) is 0 Å². The van der Waals surface area contributed by atoms with E-state index in [0.717, 1.165) is 16.1 Å². The monoisotopic (exact) mass is 319 g/mol. The predicted molar refractivity (Wildman–Crippen MR) is 64.9 cm³/mol. The van der Waals surface area contributed by atoms with Gasteiger partial charge in [0.2, 0.25) is 0 Å². The number of hydrogen-bond acceptors (Lipinski definition) is 2. The van der Waals surface area contributed by atoms with E-state index in [4.69, 9.17) is 5.73 Å². The van der Waals surface area contributed by atoms with Crippen LogP contribution in [-0.2, 0) is 12.7 Å². The molecule has 1 heterocycles. The van der Waals surface area contributed by atoms with Gasteiger partial charge in [0.25, 0.3) is 0 Å². The Morgan fingerprint density at radius 2 is 2.00 bits per heavy atom. The molecule has 0 bridgehead atoms. The maximum Gasteiger partial charge on any atom is 0.435 e. The quantitative estimate of drug-likeness (QED) is 0.863. The summed E-state index contributed by atoms with van der Waals surface area (Å²) in [6.45, 7) is 0.204. The van der Waals surface area contributed by atoms with Crippen LogP contribution in [0.15, 0.2) is 34.9 Å². The highest BCUT2D eigenvalue weighted by molar-refractivity contribution is 9.10. The zero-order valence-electron chi connectivity index (χ0n) is 9.08. The molecule has 0 amide bonds. The number of halogens is 4. The highest BCUT2D eigenvalue weighted by Gasteiger charge is 2.33. The molecule has 3 nitrogen and oxygen atoms in total. The van der Waals surface area contributed by atoms with Crippen molar-refractivity contribution < 1.29 is 13.2 Å². The molecule has 0 saturated carbocycles. The number of hydrogen-bond donors (Lipinski definition) is 1. The van der Waals surface area contributed by atoms with Gasteiger partial charge in [0.05, 0.1) is 6.54 Å². The number of nitrogen functional groups attached to an aromatic ring is 1. The van der Waals surface area contributed by atoms with Crippen LogP contribution in [0.3, 0.4) is 0 Å². The van der Waals surface area contributed by atoms with E-state index < -0.39 is 11.9 Å². The Morgan fingerprint density at radius 1 is 1.28 bits per heavy atom. The first-order chi connectivity index (χ1) is 8.36. The minimum Gasteiger partial charge on any atom is -0.398 e. The van der Waals surface area contributed by atoms with E-state index in [1.807, 2.05) is 0 Å². The molecule has 0 aliphatic rings. The highest BCUT2D eigenvalue weighted by atomic mass is 79.9. The van der Waals surface area contributed by atoms with Crippen molar-refractivity contribution in [1.82, 2.24) is 9.78 Å². The molecule has 2 aromatic rings. The molecule has 96 valence electrons. The Hall–Kier alpha value is -1.50. The van der Waals surface area contributed by atoms with Gasteiger partial charge in [-0.3, -0.25) is 4.68 Å². The minimum atomic E-state index is -4.42. The number of nitrogens with zero attached hydrogens (tertiary/aromatic N) is 2. The molecule has 1 aromatic heterocycles. The van der Waals surface area contributed by atoms with Gasteiger partial charge in [-0.2, -0.15) is 18.3 Å². The van der Waals surface area contributed by atoms with Crippen molar-refractivity contribution in [2.24, 2.45) is 0 Å². The van der Waals surface area contributed by atoms with E-state index in [2.05, 4.69) is 21.0 Å². The fraction of sp³-hybridized carbons (Fsp3) is 0.182. The van der Waals surface area contributed by atoms with Crippen LogP contribution in [0.25, 0.3) is 0 Å². The summed E-state index contributed by atoms with van der Waals surface area (Å²) in [6.07, 6.45) is -3.14. The topological polar surface area (TPSA) is 43.8 Å². The maximum atomic E-state index is 12.4. The molecule has 0 saturated heterocycles. The van der Waals surface area contributed by atoms with Crippen LogP contribution >= 0.6 is 15.9 Å². The summed E-state index contributed by atoms with van der Waals surface area (Å²) in [7, 11) is 0. The molecule has 7 heteroatoms. The van der Waals surface area contributed by atoms with Gasteiger partial charge in [-0.1, -0.05) is 22.0 Å². The van der Waals surface area contributed by atoms with Crippen molar-refractivity contribution >= 4 is 21.6 Å². The largest absolute Gasteiger partial charge is 0.435 e. The van der Waals surface area contributed by atoms with E-state index in [9.17, 15) is 13.2 Å². The normalized spacial score (nSPS) is 11.8. The minimum absolute atomic E-state index is 0.204. The Balaban J connectivity index is 2.21.